The quantitative estimate of drug-likeness (QED) is 0.683. The highest BCUT2D eigenvalue weighted by atomic mass is 79.9. The molecule has 2 aromatic rings. The summed E-state index contributed by atoms with van der Waals surface area (Å²) in [5.41, 5.74) is 1.51. The second-order valence-corrected chi connectivity index (χ2v) is 4.86. The van der Waals surface area contributed by atoms with E-state index in [4.69, 9.17) is 0 Å². The second kappa shape index (κ2) is 6.29. The molecule has 0 aliphatic carbocycles. The summed E-state index contributed by atoms with van der Waals surface area (Å²) in [4.78, 5) is 8.38. The lowest BCUT2D eigenvalue weighted by Gasteiger charge is -2.04. The van der Waals surface area contributed by atoms with Crippen LogP contribution >= 0.6 is 15.9 Å². The molecule has 96 valence electrons. The summed E-state index contributed by atoms with van der Waals surface area (Å²) in [6.07, 6.45) is 5.68. The van der Waals surface area contributed by atoms with E-state index in [0.717, 1.165) is 10.0 Å². The van der Waals surface area contributed by atoms with Crippen LogP contribution in [0.25, 0.3) is 0 Å². The summed E-state index contributed by atoms with van der Waals surface area (Å²) in [5, 5.41) is 10.1. The van der Waals surface area contributed by atoms with Crippen molar-refractivity contribution in [2.24, 2.45) is 4.99 Å². The van der Waals surface area contributed by atoms with Gasteiger partial charge in [-0.1, -0.05) is 18.2 Å². The lowest BCUT2D eigenvalue weighted by molar-refractivity contribution is 0.469. The van der Waals surface area contributed by atoms with Gasteiger partial charge in [0.05, 0.1) is 0 Å². The van der Waals surface area contributed by atoms with Crippen LogP contribution in [0.2, 0.25) is 0 Å². The molecular weight excluding hydrogens is 304 g/mol. The third kappa shape index (κ3) is 3.51. The zero-order valence-corrected chi connectivity index (χ0v) is 11.8. The number of hydrogen-bond donors (Lipinski definition) is 1. The number of aromatic nitrogens is 1. The Hall–Kier alpha value is -1.94. The van der Waals surface area contributed by atoms with Gasteiger partial charge in [0.2, 0.25) is 0 Å². The van der Waals surface area contributed by atoms with E-state index in [1.807, 2.05) is 24.3 Å². The number of benzene rings is 1. The van der Waals surface area contributed by atoms with Crippen LogP contribution in [-0.2, 0) is 6.42 Å². The van der Waals surface area contributed by atoms with Gasteiger partial charge in [0, 0.05) is 22.4 Å². The topological polar surface area (TPSA) is 45.5 Å². The number of para-hydroxylation sites is 1. The molecule has 0 saturated heterocycles. The van der Waals surface area contributed by atoms with Gasteiger partial charge in [-0.2, -0.15) is 0 Å². The Morgan fingerprint density at radius 2 is 2.16 bits per heavy atom. The highest BCUT2D eigenvalue weighted by Crippen LogP contribution is 2.22. The molecule has 0 unspecified atom stereocenters. The Morgan fingerprint density at radius 3 is 2.84 bits per heavy atom. The minimum Gasteiger partial charge on any atom is -0.507 e. The molecule has 19 heavy (non-hydrogen) atoms. The third-order valence-electron chi connectivity index (χ3n) is 2.56. The Kier molecular flexibility index (Phi) is 4.47. The predicted octanol–water partition coefficient (Wildman–Crippen LogP) is 4.03. The van der Waals surface area contributed by atoms with Gasteiger partial charge in [0.1, 0.15) is 5.75 Å². The van der Waals surface area contributed by atoms with Crippen LogP contribution in [0.5, 0.6) is 5.75 Å². The number of hydrogen-bond acceptors (Lipinski definition) is 3. The van der Waals surface area contributed by atoms with Crippen LogP contribution in [0.3, 0.4) is 0 Å². The first-order valence-corrected chi connectivity index (χ1v) is 6.57. The average Bonchev–Trinajstić information content (AvgIpc) is 2.42. The normalized spacial score (nSPS) is 10.8. The number of aliphatic imine (C=N–C) groups is 1. The van der Waals surface area contributed by atoms with Gasteiger partial charge in [-0.05, 0) is 46.1 Å². The molecule has 1 aromatic heterocycles. The van der Waals surface area contributed by atoms with Gasteiger partial charge in [-0.3, -0.25) is 0 Å². The van der Waals surface area contributed by atoms with Gasteiger partial charge in [-0.15, -0.1) is 6.58 Å². The maximum Gasteiger partial charge on any atom is 0.151 e. The molecule has 2 rings (SSSR count). The molecule has 0 saturated carbocycles. The molecule has 0 radical (unpaired) electrons. The summed E-state index contributed by atoms with van der Waals surface area (Å²) in [5.74, 6) is 0.833. The van der Waals surface area contributed by atoms with Crippen molar-refractivity contribution < 1.29 is 5.11 Å². The Morgan fingerprint density at radius 1 is 1.32 bits per heavy atom. The summed E-state index contributed by atoms with van der Waals surface area (Å²) in [6, 6.07) is 9.23. The van der Waals surface area contributed by atoms with Crippen molar-refractivity contribution in [3.8, 4) is 5.75 Å². The van der Waals surface area contributed by atoms with Gasteiger partial charge in [0.15, 0.2) is 5.82 Å². The molecule has 3 nitrogen and oxygen atoms in total. The molecule has 0 fully saturated rings. The van der Waals surface area contributed by atoms with E-state index >= 15 is 0 Å². The Bertz CT molecular complexity index is 606. The minimum atomic E-state index is 0.239. The molecule has 4 heteroatoms. The molecule has 0 amide bonds. The zero-order chi connectivity index (χ0) is 13.7. The van der Waals surface area contributed by atoms with Crippen LogP contribution in [0.1, 0.15) is 11.1 Å². The average molecular weight is 317 g/mol. The van der Waals surface area contributed by atoms with Crippen molar-refractivity contribution in [1.29, 1.82) is 0 Å². The van der Waals surface area contributed by atoms with Crippen LogP contribution in [0.4, 0.5) is 5.82 Å². The highest BCUT2D eigenvalue weighted by molar-refractivity contribution is 9.10. The fraction of sp³-hybridized carbons (Fsp3) is 0.0667. The zero-order valence-electron chi connectivity index (χ0n) is 10.3. The molecule has 0 aliphatic rings. The number of phenolic OH excluding ortho intramolecular Hbond substituents is 1. The molecular formula is C15H13BrN2O. The molecule has 1 heterocycles. The minimum absolute atomic E-state index is 0.239. The van der Waals surface area contributed by atoms with Crippen molar-refractivity contribution in [2.75, 3.05) is 0 Å². The monoisotopic (exact) mass is 316 g/mol. The van der Waals surface area contributed by atoms with Crippen molar-refractivity contribution in [2.45, 2.75) is 6.42 Å². The van der Waals surface area contributed by atoms with Gasteiger partial charge in [0.25, 0.3) is 0 Å². The van der Waals surface area contributed by atoms with Crippen LogP contribution in [-0.4, -0.2) is 16.3 Å². The lowest BCUT2D eigenvalue weighted by Crippen LogP contribution is -1.88. The maximum absolute atomic E-state index is 10.1. The maximum atomic E-state index is 10.1. The van der Waals surface area contributed by atoms with E-state index in [1.165, 1.54) is 0 Å². The lowest BCUT2D eigenvalue weighted by atomic mass is 10.1. The highest BCUT2D eigenvalue weighted by Gasteiger charge is 2.03. The molecule has 1 N–H and O–H groups in total. The first-order valence-electron chi connectivity index (χ1n) is 5.78. The van der Waals surface area contributed by atoms with Gasteiger partial charge < -0.3 is 5.11 Å². The number of phenols is 1. The van der Waals surface area contributed by atoms with Gasteiger partial charge >= 0.3 is 0 Å². The van der Waals surface area contributed by atoms with Crippen LogP contribution in [0, 0.1) is 0 Å². The Labute approximate surface area is 120 Å². The number of nitrogens with zero attached hydrogens (tertiary/aromatic N) is 2. The van der Waals surface area contributed by atoms with E-state index in [0.29, 0.717) is 17.8 Å². The molecule has 0 spiro atoms. The fourth-order valence-electron chi connectivity index (χ4n) is 1.62. The summed E-state index contributed by atoms with van der Waals surface area (Å²) in [6.45, 7) is 3.67. The van der Waals surface area contributed by atoms with Crippen molar-refractivity contribution >= 4 is 28.0 Å². The first kappa shape index (κ1) is 13.5. The SMILES string of the molecule is C=CCc1cccc(C=Nc2ccc(Br)cn2)c1O. The molecule has 0 aliphatic heterocycles. The summed E-state index contributed by atoms with van der Waals surface area (Å²) < 4.78 is 0.905. The van der Waals surface area contributed by atoms with E-state index < -0.39 is 0 Å². The number of halogens is 1. The smallest absolute Gasteiger partial charge is 0.151 e. The van der Waals surface area contributed by atoms with E-state index in [9.17, 15) is 5.11 Å². The van der Waals surface area contributed by atoms with E-state index in [2.05, 4.69) is 32.5 Å². The number of aromatic hydroxyl groups is 1. The van der Waals surface area contributed by atoms with Crippen molar-refractivity contribution in [3.05, 3.63) is 64.8 Å². The first-order chi connectivity index (χ1) is 9.20. The second-order valence-electron chi connectivity index (χ2n) is 3.94. The number of allylic oxidation sites excluding steroid dienone is 1. The molecule has 0 atom stereocenters. The number of rotatable bonds is 4. The van der Waals surface area contributed by atoms with Crippen molar-refractivity contribution in [1.82, 2.24) is 4.98 Å². The summed E-state index contributed by atoms with van der Waals surface area (Å²) >= 11 is 3.32. The molecule has 0 bridgehead atoms. The van der Waals surface area contributed by atoms with E-state index in [1.54, 1.807) is 24.6 Å². The predicted molar refractivity (Wildman–Crippen MR) is 81.2 cm³/mol. The van der Waals surface area contributed by atoms with Gasteiger partial charge in [-0.25, -0.2) is 9.98 Å². The van der Waals surface area contributed by atoms with E-state index in [-0.39, 0.29) is 5.75 Å². The van der Waals surface area contributed by atoms with Crippen molar-refractivity contribution in [3.63, 3.8) is 0 Å². The van der Waals surface area contributed by atoms with Crippen LogP contribution < -0.4 is 0 Å². The standard InChI is InChI=1S/C15H13BrN2O/c1-2-4-11-5-3-6-12(15(11)19)9-17-14-8-7-13(16)10-18-14/h2-3,5-10,19H,1,4H2. The molecule has 1 aromatic carbocycles. The summed E-state index contributed by atoms with van der Waals surface area (Å²) in [7, 11) is 0. The van der Waals surface area contributed by atoms with Crippen LogP contribution in [0.15, 0.2) is 58.6 Å². The third-order valence-corrected chi connectivity index (χ3v) is 3.03. The Balaban J connectivity index is 2.25. The largest absolute Gasteiger partial charge is 0.507 e. The fourth-order valence-corrected chi connectivity index (χ4v) is 1.85. The number of pyridine rings is 1.